The Morgan fingerprint density at radius 3 is 2.89 bits per heavy atom. The molecular weight excluding hydrogens is 294 g/mol. The van der Waals surface area contributed by atoms with E-state index in [0.717, 1.165) is 41.7 Å². The predicted molar refractivity (Wildman–Crippen MR) is 76.4 cm³/mol. The number of ether oxygens (including phenoxy) is 1. The summed E-state index contributed by atoms with van der Waals surface area (Å²) in [6, 6.07) is 5.84. The van der Waals surface area contributed by atoms with E-state index in [1.54, 1.807) is 6.92 Å². The molecule has 3 nitrogen and oxygen atoms in total. The van der Waals surface area contributed by atoms with Crippen molar-refractivity contribution < 1.29 is 9.53 Å². The molecular formula is C14H18BrNO2. The van der Waals surface area contributed by atoms with Gasteiger partial charge in [-0.1, -0.05) is 0 Å². The number of anilines is 1. The van der Waals surface area contributed by atoms with Crippen molar-refractivity contribution in [3.8, 4) is 0 Å². The topological polar surface area (TPSA) is 29.5 Å². The first-order valence-electron chi connectivity index (χ1n) is 6.21. The molecule has 1 aromatic rings. The van der Waals surface area contributed by atoms with Gasteiger partial charge in [0.2, 0.25) is 0 Å². The molecule has 1 fully saturated rings. The minimum atomic E-state index is 0.0789. The molecule has 1 aromatic carbocycles. The third kappa shape index (κ3) is 3.12. The molecule has 1 aliphatic heterocycles. The highest BCUT2D eigenvalue weighted by atomic mass is 79.9. The Kier molecular flexibility index (Phi) is 4.40. The summed E-state index contributed by atoms with van der Waals surface area (Å²) >= 11 is 3.45. The standard InChI is InChI=1S/C14H18BrNO2/c1-10(17)13-6-5-11(8-14(13)15)16(2)9-12-4-3-7-18-12/h5-6,8,12H,3-4,7,9H2,1-2H3. The van der Waals surface area contributed by atoms with Gasteiger partial charge in [0.05, 0.1) is 6.10 Å². The van der Waals surface area contributed by atoms with Crippen LogP contribution in [0.1, 0.15) is 30.1 Å². The lowest BCUT2D eigenvalue weighted by Gasteiger charge is -2.23. The number of rotatable bonds is 4. The number of hydrogen-bond donors (Lipinski definition) is 0. The highest BCUT2D eigenvalue weighted by Crippen LogP contribution is 2.25. The minimum absolute atomic E-state index is 0.0789. The zero-order valence-electron chi connectivity index (χ0n) is 10.8. The SMILES string of the molecule is CC(=O)c1ccc(N(C)CC2CCCO2)cc1Br. The van der Waals surface area contributed by atoms with Gasteiger partial charge in [0.15, 0.2) is 5.78 Å². The first-order valence-corrected chi connectivity index (χ1v) is 7.00. The van der Waals surface area contributed by atoms with Gasteiger partial charge in [0.1, 0.15) is 0 Å². The molecule has 0 bridgehead atoms. The predicted octanol–water partition coefficient (Wildman–Crippen LogP) is 3.27. The van der Waals surface area contributed by atoms with Crippen LogP contribution in [0.3, 0.4) is 0 Å². The number of benzene rings is 1. The van der Waals surface area contributed by atoms with Crippen LogP contribution in [0.4, 0.5) is 5.69 Å². The lowest BCUT2D eigenvalue weighted by Crippen LogP contribution is -2.28. The van der Waals surface area contributed by atoms with E-state index in [4.69, 9.17) is 4.74 Å². The van der Waals surface area contributed by atoms with Crippen LogP contribution in [0, 0.1) is 0 Å². The summed E-state index contributed by atoms with van der Waals surface area (Å²) in [6.45, 7) is 3.35. The van der Waals surface area contributed by atoms with Crippen molar-refractivity contribution in [1.82, 2.24) is 0 Å². The molecule has 0 radical (unpaired) electrons. The second-order valence-corrected chi connectivity index (χ2v) is 5.59. The molecule has 0 aliphatic carbocycles. The molecule has 1 aliphatic rings. The van der Waals surface area contributed by atoms with E-state index >= 15 is 0 Å². The van der Waals surface area contributed by atoms with Crippen molar-refractivity contribution in [2.75, 3.05) is 25.1 Å². The van der Waals surface area contributed by atoms with Crippen LogP contribution in [0.25, 0.3) is 0 Å². The van der Waals surface area contributed by atoms with Gasteiger partial charge in [-0.2, -0.15) is 0 Å². The van der Waals surface area contributed by atoms with Gasteiger partial charge in [0, 0.05) is 35.9 Å². The Bertz CT molecular complexity index is 441. The minimum Gasteiger partial charge on any atom is -0.376 e. The molecule has 1 saturated heterocycles. The number of halogens is 1. The fourth-order valence-corrected chi connectivity index (χ4v) is 2.87. The number of ketones is 1. The Labute approximate surface area is 116 Å². The molecule has 1 unspecified atom stereocenters. The van der Waals surface area contributed by atoms with Gasteiger partial charge in [0.25, 0.3) is 0 Å². The molecule has 98 valence electrons. The summed E-state index contributed by atoms with van der Waals surface area (Å²) in [5.41, 5.74) is 1.83. The van der Waals surface area contributed by atoms with E-state index in [9.17, 15) is 4.79 Å². The second kappa shape index (κ2) is 5.85. The maximum absolute atomic E-state index is 11.4. The van der Waals surface area contributed by atoms with Crippen molar-refractivity contribution in [2.24, 2.45) is 0 Å². The molecule has 0 aromatic heterocycles. The summed E-state index contributed by atoms with van der Waals surface area (Å²) in [5.74, 6) is 0.0789. The van der Waals surface area contributed by atoms with Crippen molar-refractivity contribution in [1.29, 1.82) is 0 Å². The summed E-state index contributed by atoms with van der Waals surface area (Å²) < 4.78 is 6.48. The van der Waals surface area contributed by atoms with E-state index in [2.05, 4.69) is 27.9 Å². The average Bonchev–Trinajstić information content (AvgIpc) is 2.81. The Morgan fingerprint density at radius 2 is 2.33 bits per heavy atom. The average molecular weight is 312 g/mol. The number of carbonyl (C=O) groups is 1. The number of Topliss-reactive ketones (excluding diaryl/α,β-unsaturated/α-hetero) is 1. The molecule has 1 heterocycles. The molecule has 0 saturated carbocycles. The lowest BCUT2D eigenvalue weighted by atomic mass is 10.1. The number of likely N-dealkylation sites (N-methyl/N-ethyl adjacent to an activating group) is 1. The Balaban J connectivity index is 2.08. The van der Waals surface area contributed by atoms with Crippen LogP contribution in [-0.4, -0.2) is 32.1 Å². The van der Waals surface area contributed by atoms with Crippen LogP contribution < -0.4 is 4.90 Å². The lowest BCUT2D eigenvalue weighted by molar-refractivity contribution is 0.101. The van der Waals surface area contributed by atoms with Gasteiger partial charge in [-0.3, -0.25) is 4.79 Å². The molecule has 0 N–H and O–H groups in total. The highest BCUT2D eigenvalue weighted by Gasteiger charge is 2.18. The first-order chi connectivity index (χ1) is 8.58. The normalized spacial score (nSPS) is 18.9. The van der Waals surface area contributed by atoms with Crippen molar-refractivity contribution in [3.63, 3.8) is 0 Å². The van der Waals surface area contributed by atoms with Gasteiger partial charge >= 0.3 is 0 Å². The van der Waals surface area contributed by atoms with Gasteiger partial charge < -0.3 is 9.64 Å². The zero-order valence-corrected chi connectivity index (χ0v) is 12.4. The summed E-state index contributed by atoms with van der Waals surface area (Å²) in [5, 5.41) is 0. The van der Waals surface area contributed by atoms with Gasteiger partial charge in [-0.25, -0.2) is 0 Å². The van der Waals surface area contributed by atoms with E-state index in [-0.39, 0.29) is 5.78 Å². The Hall–Kier alpha value is -0.870. The summed E-state index contributed by atoms with van der Waals surface area (Å²) in [4.78, 5) is 13.5. The second-order valence-electron chi connectivity index (χ2n) is 4.74. The highest BCUT2D eigenvalue weighted by molar-refractivity contribution is 9.10. The van der Waals surface area contributed by atoms with Crippen molar-refractivity contribution in [3.05, 3.63) is 28.2 Å². The summed E-state index contributed by atoms with van der Waals surface area (Å²) in [6.07, 6.45) is 2.63. The van der Waals surface area contributed by atoms with Crippen LogP contribution >= 0.6 is 15.9 Å². The zero-order chi connectivity index (χ0) is 13.1. The maximum Gasteiger partial charge on any atom is 0.160 e. The number of hydrogen-bond acceptors (Lipinski definition) is 3. The molecule has 2 rings (SSSR count). The van der Waals surface area contributed by atoms with E-state index in [1.165, 1.54) is 0 Å². The number of nitrogens with zero attached hydrogens (tertiary/aromatic N) is 1. The fraction of sp³-hybridized carbons (Fsp3) is 0.500. The maximum atomic E-state index is 11.4. The van der Waals surface area contributed by atoms with E-state index in [1.807, 2.05) is 18.2 Å². The Morgan fingerprint density at radius 1 is 1.56 bits per heavy atom. The van der Waals surface area contributed by atoms with Crippen LogP contribution in [0.2, 0.25) is 0 Å². The first kappa shape index (κ1) is 13.6. The van der Waals surface area contributed by atoms with Gasteiger partial charge in [-0.05, 0) is 53.9 Å². The molecule has 1 atom stereocenters. The number of carbonyl (C=O) groups excluding carboxylic acids is 1. The third-order valence-corrected chi connectivity index (χ3v) is 3.93. The molecule has 0 amide bonds. The van der Waals surface area contributed by atoms with Crippen LogP contribution in [0.5, 0.6) is 0 Å². The monoisotopic (exact) mass is 311 g/mol. The largest absolute Gasteiger partial charge is 0.376 e. The quantitative estimate of drug-likeness (QED) is 0.799. The van der Waals surface area contributed by atoms with E-state index < -0.39 is 0 Å². The molecule has 0 spiro atoms. The third-order valence-electron chi connectivity index (χ3n) is 3.27. The molecule has 4 heteroatoms. The van der Waals surface area contributed by atoms with Crippen molar-refractivity contribution >= 4 is 27.4 Å². The fourth-order valence-electron chi connectivity index (χ4n) is 2.23. The molecule has 18 heavy (non-hydrogen) atoms. The smallest absolute Gasteiger partial charge is 0.160 e. The van der Waals surface area contributed by atoms with Crippen LogP contribution in [0.15, 0.2) is 22.7 Å². The van der Waals surface area contributed by atoms with Crippen LogP contribution in [-0.2, 0) is 4.74 Å². The summed E-state index contributed by atoms with van der Waals surface area (Å²) in [7, 11) is 2.05. The van der Waals surface area contributed by atoms with Gasteiger partial charge in [-0.15, -0.1) is 0 Å². The van der Waals surface area contributed by atoms with Crippen molar-refractivity contribution in [2.45, 2.75) is 25.9 Å². The van der Waals surface area contributed by atoms with E-state index in [0.29, 0.717) is 6.10 Å².